The van der Waals surface area contributed by atoms with E-state index in [4.69, 9.17) is 16.3 Å². The second-order valence-electron chi connectivity index (χ2n) is 4.26. The Hall–Kier alpha value is -1.82. The molecule has 0 N–H and O–H groups in total. The van der Waals surface area contributed by atoms with Crippen LogP contribution in [0.5, 0.6) is 0 Å². The van der Waals surface area contributed by atoms with Gasteiger partial charge in [-0.1, -0.05) is 11.6 Å². The van der Waals surface area contributed by atoms with Crippen LogP contribution in [0.15, 0.2) is 18.2 Å². The first-order valence-corrected chi connectivity index (χ1v) is 6.21. The predicted octanol–water partition coefficient (Wildman–Crippen LogP) is 2.39. The topological polar surface area (TPSA) is 72.7 Å². The van der Waals surface area contributed by atoms with E-state index in [0.717, 1.165) is 6.42 Å². The summed E-state index contributed by atoms with van der Waals surface area (Å²) in [5, 5.41) is 11.5. The third kappa shape index (κ3) is 2.63. The van der Waals surface area contributed by atoms with Crippen molar-refractivity contribution < 1.29 is 14.5 Å². The number of hydrogen-bond acceptors (Lipinski definition) is 5. The van der Waals surface area contributed by atoms with E-state index in [1.165, 1.54) is 25.3 Å². The SMILES string of the molecule is COC(=O)[C@@H]1CCCN1c1cc(Cl)ccc1[N+](=O)[O-]. The maximum atomic E-state index is 11.7. The second kappa shape index (κ2) is 5.44. The highest BCUT2D eigenvalue weighted by Gasteiger charge is 2.35. The minimum atomic E-state index is -0.484. The average molecular weight is 285 g/mol. The van der Waals surface area contributed by atoms with E-state index in [2.05, 4.69) is 0 Å². The molecule has 19 heavy (non-hydrogen) atoms. The minimum absolute atomic E-state index is 0.0554. The molecule has 0 aliphatic carbocycles. The van der Waals surface area contributed by atoms with Crippen molar-refractivity contribution in [3.8, 4) is 0 Å². The van der Waals surface area contributed by atoms with Crippen molar-refractivity contribution >= 4 is 28.9 Å². The molecular weight excluding hydrogens is 272 g/mol. The highest BCUT2D eigenvalue weighted by molar-refractivity contribution is 6.31. The van der Waals surface area contributed by atoms with Crippen LogP contribution in [-0.4, -0.2) is 30.6 Å². The summed E-state index contributed by atoms with van der Waals surface area (Å²) >= 11 is 5.90. The number of halogens is 1. The number of benzene rings is 1. The molecule has 1 aliphatic heterocycles. The van der Waals surface area contributed by atoms with Gasteiger partial charge in [0.2, 0.25) is 0 Å². The molecule has 1 atom stereocenters. The van der Waals surface area contributed by atoms with Gasteiger partial charge < -0.3 is 9.64 Å². The van der Waals surface area contributed by atoms with Gasteiger partial charge in [-0.05, 0) is 25.0 Å². The lowest BCUT2D eigenvalue weighted by Gasteiger charge is -2.24. The van der Waals surface area contributed by atoms with Gasteiger partial charge in [-0.25, -0.2) is 4.79 Å². The summed E-state index contributed by atoms with van der Waals surface area (Å²) < 4.78 is 4.73. The van der Waals surface area contributed by atoms with Crippen molar-refractivity contribution in [2.75, 3.05) is 18.6 Å². The molecule has 1 fully saturated rings. The largest absolute Gasteiger partial charge is 0.467 e. The van der Waals surface area contributed by atoms with E-state index in [1.54, 1.807) is 4.90 Å². The molecule has 102 valence electrons. The molecule has 0 saturated carbocycles. The van der Waals surface area contributed by atoms with Crippen LogP contribution >= 0.6 is 11.6 Å². The summed E-state index contributed by atoms with van der Waals surface area (Å²) in [6.45, 7) is 0.570. The Labute approximate surface area is 115 Å². The van der Waals surface area contributed by atoms with E-state index in [9.17, 15) is 14.9 Å². The number of nitrogens with zero attached hydrogens (tertiary/aromatic N) is 2. The standard InChI is InChI=1S/C12H13ClN2O4/c1-19-12(16)10-3-2-6-14(10)11-7-8(13)4-5-9(11)15(17)18/h4-5,7,10H,2-3,6H2,1H3/t10-/m0/s1. The molecule has 6 nitrogen and oxygen atoms in total. The summed E-state index contributed by atoms with van der Waals surface area (Å²) in [7, 11) is 1.31. The summed E-state index contributed by atoms with van der Waals surface area (Å²) in [6.07, 6.45) is 1.40. The third-order valence-electron chi connectivity index (χ3n) is 3.17. The van der Waals surface area contributed by atoms with Gasteiger partial charge in [0.15, 0.2) is 0 Å². The van der Waals surface area contributed by atoms with Crippen LogP contribution in [0.1, 0.15) is 12.8 Å². The minimum Gasteiger partial charge on any atom is -0.467 e. The first-order valence-electron chi connectivity index (χ1n) is 5.83. The van der Waals surface area contributed by atoms with E-state index >= 15 is 0 Å². The number of hydrogen-bond donors (Lipinski definition) is 0. The Morgan fingerprint density at radius 2 is 2.32 bits per heavy atom. The lowest BCUT2D eigenvalue weighted by Crippen LogP contribution is -2.37. The molecule has 1 aromatic rings. The lowest BCUT2D eigenvalue weighted by atomic mass is 10.2. The molecule has 7 heteroatoms. The molecule has 0 amide bonds. The van der Waals surface area contributed by atoms with Gasteiger partial charge >= 0.3 is 5.97 Å². The first kappa shape index (κ1) is 13.6. The van der Waals surface area contributed by atoms with Crippen LogP contribution in [0, 0.1) is 10.1 Å². The van der Waals surface area contributed by atoms with Crippen LogP contribution in [-0.2, 0) is 9.53 Å². The molecule has 1 aliphatic rings. The maximum Gasteiger partial charge on any atom is 0.328 e. The predicted molar refractivity (Wildman–Crippen MR) is 70.5 cm³/mol. The number of rotatable bonds is 3. The highest BCUT2D eigenvalue weighted by atomic mass is 35.5. The van der Waals surface area contributed by atoms with E-state index in [-0.39, 0.29) is 11.7 Å². The molecule has 0 spiro atoms. The fraction of sp³-hybridized carbons (Fsp3) is 0.417. The maximum absolute atomic E-state index is 11.7. The highest BCUT2D eigenvalue weighted by Crippen LogP contribution is 2.35. The van der Waals surface area contributed by atoms with Crippen LogP contribution in [0.2, 0.25) is 5.02 Å². The zero-order valence-electron chi connectivity index (χ0n) is 10.3. The molecule has 1 aromatic carbocycles. The van der Waals surface area contributed by atoms with E-state index in [1.807, 2.05) is 0 Å². The number of methoxy groups -OCH3 is 1. The number of carbonyl (C=O) groups excluding carboxylic acids is 1. The molecule has 0 bridgehead atoms. The molecule has 0 radical (unpaired) electrons. The van der Waals surface area contributed by atoms with Crippen molar-refractivity contribution in [2.24, 2.45) is 0 Å². The van der Waals surface area contributed by atoms with Crippen LogP contribution in [0.3, 0.4) is 0 Å². The number of nitro groups is 1. The third-order valence-corrected chi connectivity index (χ3v) is 3.40. The average Bonchev–Trinajstić information content (AvgIpc) is 2.86. The van der Waals surface area contributed by atoms with Crippen molar-refractivity contribution in [2.45, 2.75) is 18.9 Å². The summed E-state index contributed by atoms with van der Waals surface area (Å²) in [5.74, 6) is -0.383. The Balaban J connectivity index is 2.42. The molecule has 1 heterocycles. The van der Waals surface area contributed by atoms with Gasteiger partial charge in [-0.2, -0.15) is 0 Å². The monoisotopic (exact) mass is 284 g/mol. The first-order chi connectivity index (χ1) is 9.04. The number of ether oxygens (including phenoxy) is 1. The zero-order valence-corrected chi connectivity index (χ0v) is 11.1. The molecule has 1 saturated heterocycles. The number of nitro benzene ring substituents is 1. The summed E-state index contributed by atoms with van der Waals surface area (Å²) in [4.78, 5) is 24.0. The van der Waals surface area contributed by atoms with Crippen LogP contribution in [0.25, 0.3) is 0 Å². The Morgan fingerprint density at radius 3 is 2.95 bits per heavy atom. The van der Waals surface area contributed by atoms with Crippen LogP contribution < -0.4 is 4.90 Å². The zero-order chi connectivity index (χ0) is 14.0. The molecular formula is C12H13ClN2O4. The van der Waals surface area contributed by atoms with Gasteiger partial charge in [0.25, 0.3) is 5.69 Å². The summed E-state index contributed by atoms with van der Waals surface area (Å²) in [5.41, 5.74) is 0.311. The van der Waals surface area contributed by atoms with E-state index in [0.29, 0.717) is 23.7 Å². The summed E-state index contributed by atoms with van der Waals surface area (Å²) in [6, 6.07) is 3.85. The fourth-order valence-corrected chi connectivity index (χ4v) is 2.48. The van der Waals surface area contributed by atoms with Crippen molar-refractivity contribution in [1.82, 2.24) is 0 Å². The second-order valence-corrected chi connectivity index (χ2v) is 4.70. The van der Waals surface area contributed by atoms with Crippen molar-refractivity contribution in [3.63, 3.8) is 0 Å². The Morgan fingerprint density at radius 1 is 1.58 bits per heavy atom. The number of carbonyl (C=O) groups is 1. The fourth-order valence-electron chi connectivity index (χ4n) is 2.32. The van der Waals surface area contributed by atoms with Gasteiger partial charge in [0, 0.05) is 17.6 Å². The number of anilines is 1. The quantitative estimate of drug-likeness (QED) is 0.484. The van der Waals surface area contributed by atoms with Crippen molar-refractivity contribution in [3.05, 3.63) is 33.3 Å². The molecule has 0 aromatic heterocycles. The van der Waals surface area contributed by atoms with Gasteiger partial charge in [0.05, 0.1) is 12.0 Å². The smallest absolute Gasteiger partial charge is 0.328 e. The Bertz CT molecular complexity index is 520. The molecule has 0 unspecified atom stereocenters. The normalized spacial score (nSPS) is 18.4. The Kier molecular flexibility index (Phi) is 3.90. The van der Waals surface area contributed by atoms with Crippen LogP contribution in [0.4, 0.5) is 11.4 Å². The van der Waals surface area contributed by atoms with Gasteiger partial charge in [-0.3, -0.25) is 10.1 Å². The van der Waals surface area contributed by atoms with Crippen molar-refractivity contribution in [1.29, 1.82) is 0 Å². The van der Waals surface area contributed by atoms with Gasteiger partial charge in [-0.15, -0.1) is 0 Å². The lowest BCUT2D eigenvalue weighted by molar-refractivity contribution is -0.384. The molecule has 2 rings (SSSR count). The van der Waals surface area contributed by atoms with E-state index < -0.39 is 11.0 Å². The number of esters is 1. The van der Waals surface area contributed by atoms with Gasteiger partial charge in [0.1, 0.15) is 11.7 Å².